The van der Waals surface area contributed by atoms with Crippen molar-refractivity contribution in [3.05, 3.63) is 18.2 Å². The molecule has 1 atom stereocenters. The predicted molar refractivity (Wildman–Crippen MR) is 56.5 cm³/mol. The summed E-state index contributed by atoms with van der Waals surface area (Å²) in [5, 5.41) is 18.7. The van der Waals surface area contributed by atoms with Crippen LogP contribution in [-0.2, 0) is 9.53 Å². The van der Waals surface area contributed by atoms with Gasteiger partial charge in [0.15, 0.2) is 11.5 Å². The Morgan fingerprint density at radius 1 is 1.44 bits per heavy atom. The van der Waals surface area contributed by atoms with Crippen molar-refractivity contribution in [2.75, 3.05) is 7.11 Å². The summed E-state index contributed by atoms with van der Waals surface area (Å²) in [5.74, 6) is -0.856. The normalized spacial score (nSPS) is 11.9. The Morgan fingerprint density at radius 2 is 2.12 bits per heavy atom. The molecule has 5 nitrogen and oxygen atoms in total. The van der Waals surface area contributed by atoms with Gasteiger partial charge in [-0.3, -0.25) is 4.79 Å². The fourth-order valence-corrected chi connectivity index (χ4v) is 1.18. The summed E-state index contributed by atoms with van der Waals surface area (Å²) in [7, 11) is 1.29. The van der Waals surface area contributed by atoms with E-state index in [-0.39, 0.29) is 23.7 Å². The third-order valence-electron chi connectivity index (χ3n) is 1.99. The Labute approximate surface area is 93.2 Å². The molecule has 0 saturated carbocycles. The van der Waals surface area contributed by atoms with Gasteiger partial charge in [-0.25, -0.2) is 0 Å². The molecule has 0 fully saturated rings. The van der Waals surface area contributed by atoms with Gasteiger partial charge in [0.1, 0.15) is 6.10 Å². The van der Waals surface area contributed by atoms with Crippen LogP contribution < -0.4 is 4.74 Å². The molecule has 0 aliphatic heterocycles. The van der Waals surface area contributed by atoms with Crippen molar-refractivity contribution in [1.82, 2.24) is 0 Å². The lowest BCUT2D eigenvalue weighted by molar-refractivity contribution is -0.142. The van der Waals surface area contributed by atoms with Crippen molar-refractivity contribution in [1.29, 1.82) is 0 Å². The average molecular weight is 226 g/mol. The molecular weight excluding hydrogens is 212 g/mol. The van der Waals surface area contributed by atoms with Gasteiger partial charge in [0, 0.05) is 0 Å². The van der Waals surface area contributed by atoms with E-state index in [2.05, 4.69) is 4.74 Å². The minimum atomic E-state index is -0.444. The molecule has 0 aliphatic carbocycles. The summed E-state index contributed by atoms with van der Waals surface area (Å²) < 4.78 is 9.77. The number of carbonyl (C=O) groups is 1. The third-order valence-corrected chi connectivity index (χ3v) is 1.99. The van der Waals surface area contributed by atoms with Gasteiger partial charge >= 0.3 is 5.97 Å². The summed E-state index contributed by atoms with van der Waals surface area (Å²) in [5.41, 5.74) is 0. The molecule has 5 heteroatoms. The predicted octanol–water partition coefficient (Wildman–Crippen LogP) is 1.43. The van der Waals surface area contributed by atoms with Gasteiger partial charge in [0.2, 0.25) is 5.75 Å². The van der Waals surface area contributed by atoms with Gasteiger partial charge in [-0.1, -0.05) is 6.07 Å². The van der Waals surface area contributed by atoms with Gasteiger partial charge in [0.05, 0.1) is 13.5 Å². The van der Waals surface area contributed by atoms with E-state index in [0.717, 1.165) is 0 Å². The first-order valence-corrected chi connectivity index (χ1v) is 4.79. The van der Waals surface area contributed by atoms with E-state index in [1.165, 1.54) is 25.3 Å². The number of esters is 1. The van der Waals surface area contributed by atoms with Gasteiger partial charge < -0.3 is 19.7 Å². The number of phenolic OH excluding ortho intramolecular Hbond substituents is 2. The molecule has 2 N–H and O–H groups in total. The van der Waals surface area contributed by atoms with E-state index < -0.39 is 12.1 Å². The summed E-state index contributed by atoms with van der Waals surface area (Å²) in [4.78, 5) is 11.0. The molecule has 0 aliphatic rings. The van der Waals surface area contributed by atoms with E-state index in [1.807, 2.05) is 0 Å². The molecule has 16 heavy (non-hydrogen) atoms. The molecule has 1 rings (SSSR count). The highest BCUT2D eigenvalue weighted by atomic mass is 16.5. The number of benzene rings is 1. The highest BCUT2D eigenvalue weighted by Gasteiger charge is 2.14. The van der Waals surface area contributed by atoms with E-state index in [0.29, 0.717) is 0 Å². The average Bonchev–Trinajstić information content (AvgIpc) is 2.24. The molecule has 0 aromatic heterocycles. The maximum atomic E-state index is 11.0. The first kappa shape index (κ1) is 12.2. The van der Waals surface area contributed by atoms with Crippen molar-refractivity contribution >= 4 is 5.97 Å². The molecule has 0 heterocycles. The number of carbonyl (C=O) groups excluding carboxylic acids is 1. The smallest absolute Gasteiger partial charge is 0.309 e. The zero-order valence-corrected chi connectivity index (χ0v) is 9.14. The molecule has 0 amide bonds. The van der Waals surface area contributed by atoms with Crippen molar-refractivity contribution < 1.29 is 24.5 Å². The highest BCUT2D eigenvalue weighted by Crippen LogP contribution is 2.35. The first-order chi connectivity index (χ1) is 7.54. The number of rotatable bonds is 4. The fraction of sp³-hybridized carbons (Fsp3) is 0.364. The quantitative estimate of drug-likeness (QED) is 0.600. The summed E-state index contributed by atoms with van der Waals surface area (Å²) >= 11 is 0. The van der Waals surface area contributed by atoms with Crippen LogP contribution in [0.2, 0.25) is 0 Å². The lowest BCUT2D eigenvalue weighted by Gasteiger charge is -2.14. The van der Waals surface area contributed by atoms with Crippen LogP contribution in [0.1, 0.15) is 13.3 Å². The Bertz CT molecular complexity index is 375. The van der Waals surface area contributed by atoms with Crippen LogP contribution in [0.25, 0.3) is 0 Å². The number of aromatic hydroxyl groups is 2. The maximum Gasteiger partial charge on any atom is 0.309 e. The standard InChI is InChI=1S/C11H14O5/c1-7(6-10(13)15-2)16-9-5-3-4-8(12)11(9)14/h3-5,7,12,14H,6H2,1-2H3/t7-/m0/s1. The van der Waals surface area contributed by atoms with Gasteiger partial charge in [-0.05, 0) is 19.1 Å². The molecule has 0 bridgehead atoms. The van der Waals surface area contributed by atoms with Gasteiger partial charge in [-0.15, -0.1) is 0 Å². The fourth-order valence-electron chi connectivity index (χ4n) is 1.18. The summed E-state index contributed by atoms with van der Waals surface area (Å²) in [6.07, 6.45) is -0.369. The second-order valence-corrected chi connectivity index (χ2v) is 3.33. The SMILES string of the molecule is COC(=O)C[C@H](C)Oc1cccc(O)c1O. The van der Waals surface area contributed by atoms with Crippen molar-refractivity contribution in [3.8, 4) is 17.2 Å². The van der Waals surface area contributed by atoms with Crippen LogP contribution in [0, 0.1) is 0 Å². The van der Waals surface area contributed by atoms with Crippen LogP contribution in [0.3, 0.4) is 0 Å². The Kier molecular flexibility index (Phi) is 3.99. The van der Waals surface area contributed by atoms with Crippen LogP contribution in [0.15, 0.2) is 18.2 Å². The number of ether oxygens (including phenoxy) is 2. The lowest BCUT2D eigenvalue weighted by Crippen LogP contribution is -2.17. The minimum Gasteiger partial charge on any atom is -0.504 e. The maximum absolute atomic E-state index is 11.0. The van der Waals surface area contributed by atoms with Crippen molar-refractivity contribution in [3.63, 3.8) is 0 Å². The van der Waals surface area contributed by atoms with Crippen molar-refractivity contribution in [2.45, 2.75) is 19.4 Å². The third kappa shape index (κ3) is 3.05. The Morgan fingerprint density at radius 3 is 2.75 bits per heavy atom. The largest absolute Gasteiger partial charge is 0.504 e. The zero-order chi connectivity index (χ0) is 12.1. The highest BCUT2D eigenvalue weighted by molar-refractivity contribution is 5.69. The molecular formula is C11H14O5. The van der Waals surface area contributed by atoms with E-state index in [4.69, 9.17) is 4.74 Å². The van der Waals surface area contributed by atoms with Crippen LogP contribution in [0.5, 0.6) is 17.2 Å². The lowest BCUT2D eigenvalue weighted by atomic mass is 10.2. The molecule has 0 saturated heterocycles. The molecule has 0 unspecified atom stereocenters. The minimum absolute atomic E-state index is 0.0750. The van der Waals surface area contributed by atoms with Crippen LogP contribution >= 0.6 is 0 Å². The van der Waals surface area contributed by atoms with E-state index in [9.17, 15) is 15.0 Å². The Hall–Kier alpha value is -1.91. The number of hydrogen-bond donors (Lipinski definition) is 2. The molecule has 88 valence electrons. The number of methoxy groups -OCH3 is 1. The second-order valence-electron chi connectivity index (χ2n) is 3.33. The van der Waals surface area contributed by atoms with Crippen LogP contribution in [0.4, 0.5) is 0 Å². The zero-order valence-electron chi connectivity index (χ0n) is 9.14. The van der Waals surface area contributed by atoms with E-state index in [1.54, 1.807) is 6.92 Å². The number of hydrogen-bond acceptors (Lipinski definition) is 5. The molecule has 1 aromatic rings. The molecule has 0 radical (unpaired) electrons. The number of para-hydroxylation sites is 1. The van der Waals surface area contributed by atoms with Gasteiger partial charge in [-0.2, -0.15) is 0 Å². The summed E-state index contributed by atoms with van der Waals surface area (Å²) in [6.45, 7) is 1.67. The van der Waals surface area contributed by atoms with Gasteiger partial charge in [0.25, 0.3) is 0 Å². The topological polar surface area (TPSA) is 76.0 Å². The molecule has 1 aromatic carbocycles. The van der Waals surface area contributed by atoms with Crippen molar-refractivity contribution in [2.24, 2.45) is 0 Å². The van der Waals surface area contributed by atoms with Crippen LogP contribution in [-0.4, -0.2) is 29.4 Å². The molecule has 0 spiro atoms. The monoisotopic (exact) mass is 226 g/mol. The number of phenols is 2. The first-order valence-electron chi connectivity index (χ1n) is 4.79. The summed E-state index contributed by atoms with van der Waals surface area (Å²) in [6, 6.07) is 4.38. The second kappa shape index (κ2) is 5.25. The van der Waals surface area contributed by atoms with E-state index >= 15 is 0 Å². The Balaban J connectivity index is 2.66.